The quantitative estimate of drug-likeness (QED) is 0.150. The van der Waals surface area contributed by atoms with Crippen LogP contribution in [0.3, 0.4) is 0 Å². The van der Waals surface area contributed by atoms with Crippen molar-refractivity contribution >= 4 is 7.52 Å². The Labute approximate surface area is 178 Å². The van der Waals surface area contributed by atoms with Crippen LogP contribution in [0.4, 0.5) is 8.78 Å². The fourth-order valence-electron chi connectivity index (χ4n) is 3.09. The lowest BCUT2D eigenvalue weighted by Gasteiger charge is -2.13. The Morgan fingerprint density at radius 1 is 0.933 bits per heavy atom. The summed E-state index contributed by atoms with van der Waals surface area (Å²) in [5.41, 5.74) is 0.520. The average molecular weight is 451 g/mol. The minimum absolute atomic E-state index is 0.0443. The highest BCUT2D eigenvalue weighted by Gasteiger charge is 2.19. The molecule has 0 aliphatic rings. The third kappa shape index (κ3) is 10.2. The number of hydrogen-bond acceptors (Lipinski definition) is 4. The lowest BCUT2D eigenvalue weighted by molar-refractivity contribution is 0.222. The predicted octanol–water partition coefficient (Wildman–Crippen LogP) is 6.12. The van der Waals surface area contributed by atoms with Gasteiger partial charge >= 0.3 is 0 Å². The maximum atomic E-state index is 14.1. The third-order valence-corrected chi connectivity index (χ3v) is 6.02. The molecule has 0 saturated carbocycles. The number of hydrogen-bond donors (Lipinski definition) is 3. The second-order valence-corrected chi connectivity index (χ2v) is 9.60. The van der Waals surface area contributed by atoms with E-state index in [1.165, 1.54) is 11.3 Å². The maximum absolute atomic E-state index is 14.1. The van der Waals surface area contributed by atoms with Gasteiger partial charge in [0.25, 0.3) is 7.52 Å². The van der Waals surface area contributed by atoms with Crippen LogP contribution in [0.1, 0.15) is 76.7 Å². The van der Waals surface area contributed by atoms with Gasteiger partial charge in [0.05, 0.1) is 13.2 Å². The van der Waals surface area contributed by atoms with Gasteiger partial charge in [-0.2, -0.15) is 8.78 Å². The highest BCUT2D eigenvalue weighted by Crippen LogP contribution is 2.35. The van der Waals surface area contributed by atoms with Crippen LogP contribution in [0, 0.1) is 18.6 Å². The van der Waals surface area contributed by atoms with Crippen LogP contribution in [-0.4, -0.2) is 29.5 Å². The summed E-state index contributed by atoms with van der Waals surface area (Å²) in [7, 11) is -3.55. The van der Waals surface area contributed by atoms with Gasteiger partial charge in [-0.1, -0.05) is 51.9 Å². The van der Waals surface area contributed by atoms with Gasteiger partial charge in [0.2, 0.25) is 11.6 Å². The van der Waals surface area contributed by atoms with E-state index in [2.05, 4.69) is 0 Å². The second-order valence-electron chi connectivity index (χ2n) is 7.55. The molecule has 0 heterocycles. The van der Waals surface area contributed by atoms with E-state index < -0.39 is 19.2 Å². The first-order valence-electron chi connectivity index (χ1n) is 10.8. The Hall–Kier alpha value is -1.21. The summed E-state index contributed by atoms with van der Waals surface area (Å²) < 4.78 is 50.1. The molecule has 0 fully saturated rings. The number of ether oxygens (including phenoxy) is 2. The van der Waals surface area contributed by atoms with E-state index in [0.717, 1.165) is 51.4 Å². The van der Waals surface area contributed by atoms with Gasteiger partial charge in [-0.3, -0.25) is 4.57 Å². The molecular weight excluding hydrogens is 415 g/mol. The van der Waals surface area contributed by atoms with Gasteiger partial charge in [-0.25, -0.2) is 0 Å². The summed E-state index contributed by atoms with van der Waals surface area (Å²) in [4.78, 5) is 9.16. The van der Waals surface area contributed by atoms with Gasteiger partial charge < -0.3 is 19.6 Å². The topological polar surface area (TPSA) is 88.0 Å². The maximum Gasteiger partial charge on any atom is 0.289 e. The summed E-state index contributed by atoms with van der Waals surface area (Å²) in [5.74, 6) is -2.11. The van der Waals surface area contributed by atoms with E-state index in [1.54, 1.807) is 6.92 Å². The highest BCUT2D eigenvalue weighted by molar-refractivity contribution is 7.55. The molecule has 30 heavy (non-hydrogen) atoms. The molecule has 1 atom stereocenters. The van der Waals surface area contributed by atoms with Crippen LogP contribution >= 0.6 is 7.52 Å². The molecular formula is C21H36F2NO5P. The number of aryl methyl sites for hydroxylation is 1. The highest BCUT2D eigenvalue weighted by atomic mass is 31.2. The molecule has 0 saturated heterocycles. The molecule has 0 bridgehead atoms. The van der Waals surface area contributed by atoms with Crippen LogP contribution in [0.5, 0.6) is 11.5 Å². The summed E-state index contributed by atoms with van der Waals surface area (Å²) in [6.07, 6.45) is 9.29. The summed E-state index contributed by atoms with van der Waals surface area (Å²) >= 11 is 0. The Bertz CT molecular complexity index is 675. The number of halogens is 2. The van der Waals surface area contributed by atoms with E-state index in [9.17, 15) is 13.3 Å². The molecule has 0 aromatic heterocycles. The van der Waals surface area contributed by atoms with Gasteiger partial charge in [0.1, 0.15) is 0 Å². The van der Waals surface area contributed by atoms with Crippen molar-refractivity contribution in [1.82, 2.24) is 5.25 Å². The summed E-state index contributed by atoms with van der Waals surface area (Å²) in [6.45, 7) is 4.25. The smallest absolute Gasteiger partial charge is 0.289 e. The van der Waals surface area contributed by atoms with Crippen molar-refractivity contribution in [2.45, 2.75) is 78.1 Å². The fraction of sp³-hybridized carbons (Fsp3) is 0.714. The van der Waals surface area contributed by atoms with Crippen molar-refractivity contribution in [1.29, 1.82) is 0 Å². The first-order valence-corrected chi connectivity index (χ1v) is 12.6. The molecule has 0 aliphatic heterocycles. The standard InChI is InChI=1S/C21H36F2NO5P/c1-3-13-29-21-17(2)16-18(19(22)20(21)23)28-14-11-9-7-5-4-6-8-10-12-15-30(26,27)24-25/h16,25H,3-15H2,1-2H3,(H2,24,26,27). The normalized spacial score (nSPS) is 13.3. The number of nitrogens with one attached hydrogen (secondary N) is 1. The molecule has 3 N–H and O–H groups in total. The molecule has 1 aromatic rings. The Morgan fingerprint density at radius 2 is 1.50 bits per heavy atom. The van der Waals surface area contributed by atoms with E-state index in [-0.39, 0.29) is 17.7 Å². The molecule has 0 amide bonds. The first-order chi connectivity index (χ1) is 14.3. The van der Waals surface area contributed by atoms with Gasteiger partial charge in [-0.15, -0.1) is 5.25 Å². The zero-order chi connectivity index (χ0) is 22.4. The van der Waals surface area contributed by atoms with Crippen LogP contribution in [0.15, 0.2) is 6.07 Å². The fourth-order valence-corrected chi connectivity index (χ4v) is 3.84. The zero-order valence-corrected chi connectivity index (χ0v) is 19.0. The molecule has 174 valence electrons. The van der Waals surface area contributed by atoms with Gasteiger partial charge in [0, 0.05) is 6.16 Å². The SMILES string of the molecule is CCCOc1c(C)cc(OCCCCCCCCCCCP(=O)(O)NO)c(F)c1F. The second kappa shape index (κ2) is 14.7. The zero-order valence-electron chi connectivity index (χ0n) is 18.1. The molecule has 0 aliphatic carbocycles. The Balaban J connectivity index is 2.12. The molecule has 0 radical (unpaired) electrons. The summed E-state index contributed by atoms with van der Waals surface area (Å²) in [6, 6.07) is 1.48. The number of benzene rings is 1. The van der Waals surface area contributed by atoms with Crippen molar-refractivity contribution in [3.8, 4) is 11.5 Å². The molecule has 0 spiro atoms. The lowest BCUT2D eigenvalue weighted by Crippen LogP contribution is -2.06. The first kappa shape index (κ1) is 26.8. The van der Waals surface area contributed by atoms with E-state index in [4.69, 9.17) is 19.6 Å². The molecule has 1 unspecified atom stereocenters. The monoisotopic (exact) mass is 451 g/mol. The van der Waals surface area contributed by atoms with Gasteiger partial charge in [-0.05, 0) is 37.8 Å². The third-order valence-electron chi connectivity index (χ3n) is 4.78. The lowest BCUT2D eigenvalue weighted by atomic mass is 10.1. The van der Waals surface area contributed by atoms with Crippen molar-refractivity contribution in [3.05, 3.63) is 23.3 Å². The van der Waals surface area contributed by atoms with E-state index in [1.807, 2.05) is 6.92 Å². The predicted molar refractivity (Wildman–Crippen MR) is 114 cm³/mol. The summed E-state index contributed by atoms with van der Waals surface area (Å²) in [5, 5.41) is 9.95. The minimum Gasteiger partial charge on any atom is -0.490 e. The largest absolute Gasteiger partial charge is 0.490 e. The van der Waals surface area contributed by atoms with Crippen LogP contribution in [-0.2, 0) is 4.57 Å². The number of rotatable bonds is 17. The molecule has 6 nitrogen and oxygen atoms in total. The van der Waals surface area contributed by atoms with Crippen LogP contribution < -0.4 is 14.7 Å². The number of unbranched alkanes of at least 4 members (excludes halogenated alkanes) is 8. The Morgan fingerprint density at radius 3 is 2.07 bits per heavy atom. The molecule has 9 heteroatoms. The average Bonchev–Trinajstić information content (AvgIpc) is 2.72. The van der Waals surface area contributed by atoms with Gasteiger partial charge in [0.15, 0.2) is 11.5 Å². The van der Waals surface area contributed by atoms with Crippen molar-refractivity contribution in [2.24, 2.45) is 0 Å². The van der Waals surface area contributed by atoms with Crippen LogP contribution in [0.25, 0.3) is 0 Å². The molecule has 1 aromatic carbocycles. The van der Waals surface area contributed by atoms with Crippen molar-refractivity contribution in [3.63, 3.8) is 0 Å². The molecule has 1 rings (SSSR count). The van der Waals surface area contributed by atoms with Crippen molar-refractivity contribution < 1.29 is 32.9 Å². The van der Waals surface area contributed by atoms with Crippen LogP contribution in [0.2, 0.25) is 0 Å². The van der Waals surface area contributed by atoms with E-state index in [0.29, 0.717) is 31.6 Å². The Kier molecular flexibility index (Phi) is 13.2. The van der Waals surface area contributed by atoms with E-state index >= 15 is 0 Å². The minimum atomic E-state index is -3.55. The van der Waals surface area contributed by atoms with Crippen molar-refractivity contribution in [2.75, 3.05) is 19.4 Å².